The van der Waals surface area contributed by atoms with Crippen molar-refractivity contribution in [2.45, 2.75) is 0 Å². The highest BCUT2D eigenvalue weighted by molar-refractivity contribution is 9.11. The maximum Gasteiger partial charge on any atom is 0.259 e. The van der Waals surface area contributed by atoms with Crippen LogP contribution < -0.4 is 11.1 Å². The Morgan fingerprint density at radius 3 is 2.58 bits per heavy atom. The van der Waals surface area contributed by atoms with Crippen LogP contribution in [0.25, 0.3) is 0 Å². The first-order valence-corrected chi connectivity index (χ1v) is 6.74. The molecule has 4 nitrogen and oxygen atoms in total. The highest BCUT2D eigenvalue weighted by Crippen LogP contribution is 2.31. The van der Waals surface area contributed by atoms with Crippen molar-refractivity contribution in [3.63, 3.8) is 0 Å². The lowest BCUT2D eigenvalue weighted by Gasteiger charge is -2.10. The van der Waals surface area contributed by atoms with Crippen molar-refractivity contribution in [3.8, 4) is 0 Å². The molecule has 7 heteroatoms. The summed E-state index contributed by atoms with van der Waals surface area (Å²) >= 11 is 6.63. The fourth-order valence-corrected chi connectivity index (χ4v) is 2.63. The Labute approximate surface area is 125 Å². The van der Waals surface area contributed by atoms with E-state index >= 15 is 0 Å². The third-order valence-electron chi connectivity index (χ3n) is 2.33. The van der Waals surface area contributed by atoms with E-state index in [0.29, 0.717) is 14.6 Å². The van der Waals surface area contributed by atoms with Crippen molar-refractivity contribution in [1.82, 2.24) is 4.98 Å². The number of rotatable bonds is 2. The van der Waals surface area contributed by atoms with E-state index in [1.165, 1.54) is 0 Å². The molecule has 0 radical (unpaired) electrons. The molecule has 3 N–H and O–H groups in total. The first-order chi connectivity index (χ1) is 8.99. The number of carbonyl (C=O) groups excluding carboxylic acids is 1. The number of benzene rings is 1. The molecule has 0 saturated carbocycles. The van der Waals surface area contributed by atoms with Crippen LogP contribution in [0.5, 0.6) is 0 Å². The summed E-state index contributed by atoms with van der Waals surface area (Å²) in [6.07, 6.45) is 0.959. The number of nitrogens with one attached hydrogen (secondary N) is 1. The summed E-state index contributed by atoms with van der Waals surface area (Å²) in [5.74, 6) is -1.18. The van der Waals surface area contributed by atoms with Gasteiger partial charge < -0.3 is 11.1 Å². The summed E-state index contributed by atoms with van der Waals surface area (Å²) in [5.41, 5.74) is 6.08. The summed E-state index contributed by atoms with van der Waals surface area (Å²) in [6.45, 7) is 0. The summed E-state index contributed by atoms with van der Waals surface area (Å²) < 4.78 is 14.5. The number of para-hydroxylation sites is 1. The molecule has 1 aromatic carbocycles. The van der Waals surface area contributed by atoms with Crippen LogP contribution in [0, 0.1) is 5.82 Å². The van der Waals surface area contributed by atoms with E-state index in [1.807, 2.05) is 6.07 Å². The highest BCUT2D eigenvalue weighted by Gasteiger charge is 2.15. The molecule has 0 spiro atoms. The van der Waals surface area contributed by atoms with Crippen LogP contribution in [0.3, 0.4) is 0 Å². The third-order valence-corrected chi connectivity index (χ3v) is 3.65. The van der Waals surface area contributed by atoms with E-state index in [1.54, 1.807) is 12.1 Å². The molecular formula is C12H8Br2FN3O. The number of hydrogen-bond donors (Lipinski definition) is 2. The average molecular weight is 389 g/mol. The van der Waals surface area contributed by atoms with E-state index < -0.39 is 11.7 Å². The number of anilines is 2. The second-order valence-electron chi connectivity index (χ2n) is 3.64. The van der Waals surface area contributed by atoms with Crippen LogP contribution in [0.2, 0.25) is 0 Å². The van der Waals surface area contributed by atoms with Gasteiger partial charge in [0, 0.05) is 8.95 Å². The van der Waals surface area contributed by atoms with Gasteiger partial charge in [-0.25, -0.2) is 9.37 Å². The third kappa shape index (κ3) is 3.10. The number of nitrogen functional groups attached to an aromatic ring is 1. The fraction of sp³-hybridized carbons (Fsp3) is 0. The number of carbonyl (C=O) groups is 1. The molecule has 0 fully saturated rings. The predicted octanol–water partition coefficient (Wildman–Crippen LogP) is 3.58. The van der Waals surface area contributed by atoms with E-state index in [4.69, 9.17) is 5.73 Å². The second-order valence-corrected chi connectivity index (χ2v) is 5.35. The number of halogens is 3. The van der Waals surface area contributed by atoms with Crippen LogP contribution >= 0.6 is 31.9 Å². The predicted molar refractivity (Wildman–Crippen MR) is 78.4 cm³/mol. The minimum absolute atomic E-state index is 0.0114. The molecule has 0 aliphatic carbocycles. The van der Waals surface area contributed by atoms with E-state index in [2.05, 4.69) is 42.2 Å². The Bertz CT molecular complexity index is 629. The molecule has 98 valence electrons. The van der Waals surface area contributed by atoms with Crippen LogP contribution in [0.15, 0.2) is 39.4 Å². The molecule has 19 heavy (non-hydrogen) atoms. The van der Waals surface area contributed by atoms with Crippen molar-refractivity contribution >= 4 is 49.3 Å². The van der Waals surface area contributed by atoms with E-state index in [0.717, 1.165) is 12.3 Å². The first kappa shape index (κ1) is 14.0. The number of amides is 1. The minimum Gasteiger partial charge on any atom is -0.383 e. The van der Waals surface area contributed by atoms with Gasteiger partial charge in [0.1, 0.15) is 11.6 Å². The number of nitrogens with zero attached hydrogens (tertiary/aromatic N) is 1. The first-order valence-electron chi connectivity index (χ1n) is 5.15. The number of aromatic nitrogens is 1. The molecule has 0 unspecified atom stereocenters. The van der Waals surface area contributed by atoms with Crippen LogP contribution in [-0.2, 0) is 0 Å². The van der Waals surface area contributed by atoms with Crippen molar-refractivity contribution in [3.05, 3.63) is 50.8 Å². The monoisotopic (exact) mass is 387 g/mol. The molecule has 2 aromatic rings. The zero-order chi connectivity index (χ0) is 14.0. The van der Waals surface area contributed by atoms with Crippen molar-refractivity contribution in [2.75, 3.05) is 11.1 Å². The second kappa shape index (κ2) is 5.66. The molecule has 0 atom stereocenters. The van der Waals surface area contributed by atoms with Crippen molar-refractivity contribution < 1.29 is 9.18 Å². The van der Waals surface area contributed by atoms with E-state index in [-0.39, 0.29) is 11.4 Å². The van der Waals surface area contributed by atoms with Gasteiger partial charge in [0.05, 0.1) is 17.4 Å². The maximum atomic E-state index is 13.1. The number of pyridine rings is 1. The zero-order valence-corrected chi connectivity index (χ0v) is 12.6. The van der Waals surface area contributed by atoms with Crippen LogP contribution in [-0.4, -0.2) is 10.9 Å². The van der Waals surface area contributed by atoms with Gasteiger partial charge in [-0.1, -0.05) is 6.07 Å². The van der Waals surface area contributed by atoms with Crippen molar-refractivity contribution in [2.24, 2.45) is 0 Å². The Hall–Kier alpha value is -1.47. The van der Waals surface area contributed by atoms with Crippen LogP contribution in [0.4, 0.5) is 15.9 Å². The summed E-state index contributed by atoms with van der Waals surface area (Å²) in [7, 11) is 0. The largest absolute Gasteiger partial charge is 0.383 e. The van der Waals surface area contributed by atoms with Crippen molar-refractivity contribution in [1.29, 1.82) is 0 Å². The lowest BCUT2D eigenvalue weighted by molar-refractivity contribution is 0.102. The van der Waals surface area contributed by atoms with Crippen LogP contribution in [0.1, 0.15) is 10.4 Å². The summed E-state index contributed by atoms with van der Waals surface area (Å²) in [6, 6.07) is 6.39. The topological polar surface area (TPSA) is 68.0 Å². The van der Waals surface area contributed by atoms with Gasteiger partial charge in [-0.2, -0.15) is 0 Å². The average Bonchev–Trinajstić information content (AvgIpc) is 2.37. The summed E-state index contributed by atoms with van der Waals surface area (Å²) in [4.78, 5) is 15.7. The molecule has 1 amide bonds. The van der Waals surface area contributed by atoms with Gasteiger partial charge in [0.15, 0.2) is 0 Å². The fourth-order valence-electron chi connectivity index (χ4n) is 1.43. The van der Waals surface area contributed by atoms with Gasteiger partial charge in [-0.3, -0.25) is 4.79 Å². The smallest absolute Gasteiger partial charge is 0.259 e. The quantitative estimate of drug-likeness (QED) is 0.826. The molecule has 0 saturated heterocycles. The lowest BCUT2D eigenvalue weighted by Crippen LogP contribution is -2.16. The Morgan fingerprint density at radius 1 is 1.32 bits per heavy atom. The number of nitrogens with two attached hydrogens (primary N) is 1. The molecule has 0 bridgehead atoms. The Morgan fingerprint density at radius 2 is 1.95 bits per heavy atom. The number of hydrogen-bond acceptors (Lipinski definition) is 3. The molecule has 1 aromatic heterocycles. The van der Waals surface area contributed by atoms with Gasteiger partial charge in [-0.05, 0) is 50.1 Å². The highest BCUT2D eigenvalue weighted by atomic mass is 79.9. The molecule has 2 rings (SSSR count). The molecular weight excluding hydrogens is 381 g/mol. The normalized spacial score (nSPS) is 10.3. The Balaban J connectivity index is 2.34. The van der Waals surface area contributed by atoms with Gasteiger partial charge in [-0.15, -0.1) is 0 Å². The lowest BCUT2D eigenvalue weighted by atomic mass is 10.2. The molecule has 0 aliphatic rings. The maximum absolute atomic E-state index is 13.1. The zero-order valence-electron chi connectivity index (χ0n) is 9.45. The molecule has 1 heterocycles. The SMILES string of the molecule is Nc1ncc(F)cc1C(=O)Nc1c(Br)cccc1Br. The minimum atomic E-state index is -0.620. The van der Waals surface area contributed by atoms with Gasteiger partial charge in [0.2, 0.25) is 0 Å². The standard InChI is InChI=1S/C12H8Br2FN3O/c13-8-2-1-3-9(14)10(8)18-12(19)7-4-6(15)5-17-11(7)16/h1-5H,(H2,16,17)(H,18,19). The van der Waals surface area contributed by atoms with Gasteiger partial charge in [0.25, 0.3) is 5.91 Å². The Kier molecular flexibility index (Phi) is 4.16. The van der Waals surface area contributed by atoms with E-state index in [9.17, 15) is 9.18 Å². The van der Waals surface area contributed by atoms with Gasteiger partial charge >= 0.3 is 0 Å². The summed E-state index contributed by atoms with van der Waals surface area (Å²) in [5, 5.41) is 2.64. The molecule has 0 aliphatic heterocycles.